The molecule has 12 heteroatoms. The minimum absolute atomic E-state index is 0.0592. The van der Waals surface area contributed by atoms with Crippen LogP contribution in [-0.4, -0.2) is 45.8 Å². The molecule has 1 heterocycles. The van der Waals surface area contributed by atoms with Crippen molar-refractivity contribution in [3.05, 3.63) is 58.9 Å². The number of aliphatic carboxylic acids is 1. The third-order valence-electron chi connectivity index (χ3n) is 5.32. The van der Waals surface area contributed by atoms with E-state index in [1.807, 2.05) is 0 Å². The number of carboxylic acid groups (broad SMARTS) is 1. The number of benzene rings is 1. The number of rotatable bonds is 7. The molecule has 2 aliphatic rings. The number of carbonyl (C=O) groups excluding carboxylic acids is 1. The highest BCUT2D eigenvalue weighted by Crippen LogP contribution is 2.39. The molecule has 3 atom stereocenters. The highest BCUT2D eigenvalue weighted by Gasteiger charge is 2.41. The van der Waals surface area contributed by atoms with Crippen LogP contribution in [0.1, 0.15) is 31.9 Å². The lowest BCUT2D eigenvalue weighted by Crippen LogP contribution is -2.49. The molecule has 190 valence electrons. The van der Waals surface area contributed by atoms with E-state index < -0.39 is 57.8 Å². The number of amides is 1. The zero-order valence-corrected chi connectivity index (χ0v) is 19.7. The second kappa shape index (κ2) is 10.00. The summed E-state index contributed by atoms with van der Waals surface area (Å²) < 4.78 is 70.8. The molecule has 1 aromatic carbocycles. The number of alkyl halides is 5. The Morgan fingerprint density at radius 3 is 2.31 bits per heavy atom. The third-order valence-corrected chi connectivity index (χ3v) is 6.53. The number of hydrogen-bond acceptors (Lipinski definition) is 5. The van der Waals surface area contributed by atoms with Crippen LogP contribution in [0, 0.1) is 5.41 Å². The maximum Gasteiger partial charge on any atom is 0.416 e. The molecule has 35 heavy (non-hydrogen) atoms. The van der Waals surface area contributed by atoms with Crippen LogP contribution in [0.4, 0.5) is 22.0 Å². The number of nitrogens with zero attached hydrogens (tertiary/aromatic N) is 1. The topological polar surface area (TPSA) is 88.0 Å². The normalized spacial score (nSPS) is 21.0. The number of halogens is 5. The van der Waals surface area contributed by atoms with Gasteiger partial charge in [-0.3, -0.25) is 9.79 Å². The van der Waals surface area contributed by atoms with Crippen molar-refractivity contribution in [1.82, 2.24) is 5.32 Å². The molecule has 0 bridgehead atoms. The lowest BCUT2D eigenvalue weighted by atomic mass is 9.86. The highest BCUT2D eigenvalue weighted by atomic mass is 32.2. The molecule has 6 nitrogen and oxygen atoms in total. The van der Waals surface area contributed by atoms with Gasteiger partial charge in [-0.1, -0.05) is 50.7 Å². The smallest absolute Gasteiger partial charge is 0.416 e. The fourth-order valence-corrected chi connectivity index (χ4v) is 4.52. The first-order valence-electron chi connectivity index (χ1n) is 10.5. The Labute approximate surface area is 202 Å². The average Bonchev–Trinajstić information content (AvgIpc) is 3.19. The number of nitrogens with one attached hydrogen (secondary N) is 1. The first kappa shape index (κ1) is 26.7. The molecule has 0 radical (unpaired) electrons. The molecule has 0 aromatic heterocycles. The summed E-state index contributed by atoms with van der Waals surface area (Å²) in [7, 11) is 0. The molecule has 0 saturated heterocycles. The van der Waals surface area contributed by atoms with Crippen molar-refractivity contribution in [2.24, 2.45) is 10.4 Å². The van der Waals surface area contributed by atoms with Crippen LogP contribution in [-0.2, 0) is 27.1 Å². The van der Waals surface area contributed by atoms with E-state index in [0.29, 0.717) is 5.56 Å². The van der Waals surface area contributed by atoms with Gasteiger partial charge in [0.2, 0.25) is 0 Å². The highest BCUT2D eigenvalue weighted by molar-refractivity contribution is 8.15. The van der Waals surface area contributed by atoms with Gasteiger partial charge in [-0.2, -0.15) is 13.2 Å². The van der Waals surface area contributed by atoms with E-state index in [2.05, 4.69) is 10.3 Å². The monoisotopic (exact) mass is 518 g/mol. The van der Waals surface area contributed by atoms with Crippen molar-refractivity contribution in [2.45, 2.75) is 57.3 Å². The Balaban J connectivity index is 1.92. The Hall–Kier alpha value is -2.89. The molecule has 2 N–H and O–H groups in total. The van der Waals surface area contributed by atoms with Crippen LogP contribution < -0.4 is 5.32 Å². The van der Waals surface area contributed by atoms with E-state index in [4.69, 9.17) is 4.74 Å². The predicted octanol–water partition coefficient (Wildman–Crippen LogP) is 4.81. The molecule has 3 rings (SSSR count). The molecule has 1 aromatic rings. The van der Waals surface area contributed by atoms with Gasteiger partial charge >= 0.3 is 12.1 Å². The van der Waals surface area contributed by atoms with Gasteiger partial charge in [0.05, 0.1) is 16.4 Å². The zero-order chi connectivity index (χ0) is 26.1. The van der Waals surface area contributed by atoms with Crippen molar-refractivity contribution in [3.8, 4) is 0 Å². The van der Waals surface area contributed by atoms with Crippen LogP contribution in [0.3, 0.4) is 0 Å². The lowest BCUT2D eigenvalue weighted by Gasteiger charge is -2.29. The molecule has 1 aliphatic carbocycles. The lowest BCUT2D eigenvalue weighted by molar-refractivity contribution is -0.144. The number of thioether (sulfide) groups is 1. The SMILES string of the molecule is CC(C)(C)C(NC(=O)C1=C(OCc2ccc(C(F)(F)F)cc2)C2N=C(C(F)F)SC2C=C1)C(=O)O. The van der Waals surface area contributed by atoms with E-state index in [1.165, 1.54) is 24.3 Å². The summed E-state index contributed by atoms with van der Waals surface area (Å²) in [5, 5.41) is 11.0. The minimum Gasteiger partial charge on any atom is -0.490 e. The quantitative estimate of drug-likeness (QED) is 0.506. The summed E-state index contributed by atoms with van der Waals surface area (Å²) in [6, 6.07) is 1.94. The number of aliphatic imine (C=N–C) groups is 1. The second-order valence-corrected chi connectivity index (χ2v) is 10.2. The average molecular weight is 519 g/mol. The predicted molar refractivity (Wildman–Crippen MR) is 120 cm³/mol. The number of ether oxygens (including phenoxy) is 1. The van der Waals surface area contributed by atoms with Crippen LogP contribution in [0.5, 0.6) is 0 Å². The van der Waals surface area contributed by atoms with Crippen LogP contribution in [0.15, 0.2) is 52.7 Å². The summed E-state index contributed by atoms with van der Waals surface area (Å²) in [5.41, 5.74) is -1.43. The third kappa shape index (κ3) is 6.22. The first-order chi connectivity index (χ1) is 16.2. The Bertz CT molecular complexity index is 1070. The van der Waals surface area contributed by atoms with Crippen molar-refractivity contribution < 1.29 is 41.4 Å². The molecule has 0 spiro atoms. The fourth-order valence-electron chi connectivity index (χ4n) is 3.50. The van der Waals surface area contributed by atoms with Crippen molar-refractivity contribution in [1.29, 1.82) is 0 Å². The molecule has 1 aliphatic heterocycles. The van der Waals surface area contributed by atoms with Crippen LogP contribution in [0.25, 0.3) is 0 Å². The van der Waals surface area contributed by atoms with Gasteiger partial charge in [0.25, 0.3) is 12.3 Å². The standard InChI is InChI=1S/C23H23F5N2O4S/c1-22(2,3)17(21(32)33)30-19(31)13-8-9-14-15(29-20(35-14)18(24)25)16(13)34-10-11-4-6-12(7-5-11)23(26,27)28/h4-9,14-15,17-18H,10H2,1-3H3,(H,30,31)(H,32,33). The number of fused-ring (bicyclic) bond motifs is 1. The van der Waals surface area contributed by atoms with Gasteiger partial charge in [-0.15, -0.1) is 0 Å². The van der Waals surface area contributed by atoms with Crippen LogP contribution in [0.2, 0.25) is 0 Å². The Morgan fingerprint density at radius 1 is 1.17 bits per heavy atom. The number of carbonyl (C=O) groups is 2. The maximum absolute atomic E-state index is 13.3. The van der Waals surface area contributed by atoms with Crippen molar-refractivity contribution >= 4 is 28.7 Å². The first-order valence-corrected chi connectivity index (χ1v) is 11.3. The molecule has 0 fully saturated rings. The van der Waals surface area contributed by atoms with Gasteiger partial charge < -0.3 is 15.2 Å². The maximum atomic E-state index is 13.3. The van der Waals surface area contributed by atoms with E-state index >= 15 is 0 Å². The summed E-state index contributed by atoms with van der Waals surface area (Å²) in [5.74, 6) is -2.11. The van der Waals surface area contributed by atoms with Gasteiger partial charge in [-0.25, -0.2) is 13.6 Å². The Morgan fingerprint density at radius 2 is 1.80 bits per heavy atom. The largest absolute Gasteiger partial charge is 0.490 e. The van der Waals surface area contributed by atoms with E-state index in [1.54, 1.807) is 20.8 Å². The number of hydrogen-bond donors (Lipinski definition) is 2. The summed E-state index contributed by atoms with van der Waals surface area (Å²) in [6.07, 6.45) is -4.47. The van der Waals surface area contributed by atoms with Crippen molar-refractivity contribution in [3.63, 3.8) is 0 Å². The van der Waals surface area contributed by atoms with Crippen molar-refractivity contribution in [2.75, 3.05) is 0 Å². The van der Waals surface area contributed by atoms with E-state index in [0.717, 1.165) is 23.9 Å². The van der Waals surface area contributed by atoms with Gasteiger partial charge in [-0.05, 0) is 29.2 Å². The fraction of sp³-hybridized carbons (Fsp3) is 0.435. The minimum atomic E-state index is -4.51. The zero-order valence-electron chi connectivity index (χ0n) is 18.9. The molecule has 0 saturated carbocycles. The molecular formula is C23H23F5N2O4S. The van der Waals surface area contributed by atoms with Gasteiger partial charge in [0.1, 0.15) is 29.5 Å². The van der Waals surface area contributed by atoms with Gasteiger partial charge in [0.15, 0.2) is 0 Å². The molecule has 1 amide bonds. The molecule has 3 unspecified atom stereocenters. The Kier molecular flexibility index (Phi) is 7.63. The van der Waals surface area contributed by atoms with E-state index in [9.17, 15) is 36.6 Å². The molecular weight excluding hydrogens is 495 g/mol. The number of carboxylic acids is 1. The van der Waals surface area contributed by atoms with Crippen LogP contribution >= 0.6 is 11.8 Å². The summed E-state index contributed by atoms with van der Waals surface area (Å²) in [4.78, 5) is 28.7. The summed E-state index contributed by atoms with van der Waals surface area (Å²) >= 11 is 0.818. The van der Waals surface area contributed by atoms with Gasteiger partial charge in [0, 0.05) is 0 Å². The second-order valence-electron chi connectivity index (χ2n) is 9.03. The van der Waals surface area contributed by atoms with E-state index in [-0.39, 0.29) is 17.9 Å². The summed E-state index contributed by atoms with van der Waals surface area (Å²) in [6.45, 7) is 4.62.